The largest absolute Gasteiger partial charge is 0.480 e. The molecule has 1 aromatic heterocycles. The minimum absolute atomic E-state index is 0.0608. The smallest absolute Gasteiger partial charge is 0.336 e. The van der Waals surface area contributed by atoms with Crippen LogP contribution >= 0.6 is 15.9 Å². The Morgan fingerprint density at radius 1 is 1.40 bits per heavy atom. The lowest BCUT2D eigenvalue weighted by molar-refractivity contribution is -0.138. The molecule has 0 aliphatic heterocycles. The number of halogens is 1. The molecule has 0 amide bonds. The predicted octanol–water partition coefficient (Wildman–Crippen LogP) is 2.46. The molecule has 1 heterocycles. The van der Waals surface area contributed by atoms with Crippen LogP contribution in [-0.4, -0.2) is 29.1 Å². The molecule has 0 saturated heterocycles. The van der Waals surface area contributed by atoms with E-state index in [4.69, 9.17) is 9.52 Å². The van der Waals surface area contributed by atoms with Gasteiger partial charge in [-0.25, -0.2) is 4.79 Å². The lowest BCUT2D eigenvalue weighted by atomic mass is 10.1. The van der Waals surface area contributed by atoms with Crippen LogP contribution in [0.1, 0.15) is 12.5 Å². The molecule has 0 aliphatic carbocycles. The number of aliphatic carboxylic acids is 1. The minimum atomic E-state index is -0.887. The molecule has 0 spiro atoms. The molecule has 0 radical (unpaired) electrons. The van der Waals surface area contributed by atoms with Crippen molar-refractivity contribution in [3.8, 4) is 0 Å². The fourth-order valence-electron chi connectivity index (χ4n) is 2.05. The molecule has 0 atom stereocenters. The van der Waals surface area contributed by atoms with Crippen molar-refractivity contribution < 1.29 is 14.3 Å². The summed E-state index contributed by atoms with van der Waals surface area (Å²) in [7, 11) is 0. The predicted molar refractivity (Wildman–Crippen MR) is 78.8 cm³/mol. The molecule has 0 fully saturated rings. The first kappa shape index (κ1) is 14.7. The lowest BCUT2D eigenvalue weighted by Gasteiger charge is -2.18. The lowest BCUT2D eigenvalue weighted by Crippen LogP contribution is -2.29. The summed E-state index contributed by atoms with van der Waals surface area (Å²) in [6.07, 6.45) is 0. The maximum absolute atomic E-state index is 11.6. The average Bonchev–Trinajstić information content (AvgIpc) is 2.36. The normalized spacial score (nSPS) is 11.2. The SMILES string of the molecule is CCN(CC(=O)O)Cc1cc(=O)oc2cc(Br)ccc12. The second-order valence-corrected chi connectivity index (χ2v) is 5.34. The molecule has 5 nitrogen and oxygen atoms in total. The van der Waals surface area contributed by atoms with Crippen LogP contribution in [0.2, 0.25) is 0 Å². The summed E-state index contributed by atoms with van der Waals surface area (Å²) in [5, 5.41) is 9.69. The topological polar surface area (TPSA) is 70.8 Å². The van der Waals surface area contributed by atoms with Crippen LogP contribution in [0, 0.1) is 0 Å². The minimum Gasteiger partial charge on any atom is -0.480 e. The van der Waals surface area contributed by atoms with Crippen molar-refractivity contribution in [3.05, 3.63) is 44.7 Å². The van der Waals surface area contributed by atoms with Gasteiger partial charge in [-0.1, -0.05) is 22.9 Å². The molecule has 0 bridgehead atoms. The third-order valence-corrected chi connectivity index (χ3v) is 3.49. The summed E-state index contributed by atoms with van der Waals surface area (Å²) in [5.41, 5.74) is 0.831. The van der Waals surface area contributed by atoms with Crippen LogP contribution in [0.5, 0.6) is 0 Å². The summed E-state index contributed by atoms with van der Waals surface area (Å²) >= 11 is 3.33. The zero-order valence-electron chi connectivity index (χ0n) is 10.9. The van der Waals surface area contributed by atoms with Crippen LogP contribution in [0.15, 0.2) is 37.9 Å². The zero-order valence-corrected chi connectivity index (χ0v) is 12.5. The molecule has 0 aliphatic rings. The maximum atomic E-state index is 11.6. The second kappa shape index (κ2) is 6.19. The Balaban J connectivity index is 2.42. The van der Waals surface area contributed by atoms with Crippen LogP contribution in [0.4, 0.5) is 0 Å². The first-order chi connectivity index (χ1) is 9.49. The quantitative estimate of drug-likeness (QED) is 0.847. The number of carboxylic acids is 1. The van der Waals surface area contributed by atoms with E-state index < -0.39 is 11.6 Å². The summed E-state index contributed by atoms with van der Waals surface area (Å²) in [6.45, 7) is 2.80. The van der Waals surface area contributed by atoms with Gasteiger partial charge in [-0.05, 0) is 30.3 Å². The summed E-state index contributed by atoms with van der Waals surface area (Å²) in [4.78, 5) is 24.1. The van der Waals surface area contributed by atoms with Crippen LogP contribution in [0.3, 0.4) is 0 Å². The summed E-state index contributed by atoms with van der Waals surface area (Å²) < 4.78 is 5.98. The average molecular weight is 340 g/mol. The van der Waals surface area contributed by atoms with E-state index in [0.717, 1.165) is 15.4 Å². The first-order valence-corrected chi connectivity index (χ1v) is 6.95. The van der Waals surface area contributed by atoms with E-state index in [-0.39, 0.29) is 6.54 Å². The highest BCUT2D eigenvalue weighted by Crippen LogP contribution is 2.22. The number of carbonyl (C=O) groups is 1. The molecule has 106 valence electrons. The van der Waals surface area contributed by atoms with E-state index in [0.29, 0.717) is 18.7 Å². The number of hydrogen-bond donors (Lipinski definition) is 1. The van der Waals surface area contributed by atoms with Crippen molar-refractivity contribution >= 4 is 32.9 Å². The fourth-order valence-corrected chi connectivity index (χ4v) is 2.39. The van der Waals surface area contributed by atoms with E-state index in [1.54, 1.807) is 11.0 Å². The third-order valence-electron chi connectivity index (χ3n) is 2.99. The Hall–Kier alpha value is -1.66. The van der Waals surface area contributed by atoms with Gasteiger partial charge in [0.05, 0.1) is 6.54 Å². The first-order valence-electron chi connectivity index (χ1n) is 6.16. The number of carboxylic acid groups (broad SMARTS) is 1. The van der Waals surface area contributed by atoms with Crippen LogP contribution in [0.25, 0.3) is 11.0 Å². The highest BCUT2D eigenvalue weighted by molar-refractivity contribution is 9.10. The zero-order chi connectivity index (χ0) is 14.7. The van der Waals surface area contributed by atoms with Gasteiger partial charge in [0.25, 0.3) is 0 Å². The van der Waals surface area contributed by atoms with Gasteiger partial charge in [0.1, 0.15) is 5.58 Å². The van der Waals surface area contributed by atoms with Gasteiger partial charge in [0.2, 0.25) is 0 Å². The molecule has 0 unspecified atom stereocenters. The van der Waals surface area contributed by atoms with Gasteiger partial charge in [0.15, 0.2) is 0 Å². The number of rotatable bonds is 5. The van der Waals surface area contributed by atoms with E-state index in [1.165, 1.54) is 6.07 Å². The van der Waals surface area contributed by atoms with Crippen molar-refractivity contribution in [2.24, 2.45) is 0 Å². The monoisotopic (exact) mass is 339 g/mol. The molecule has 0 saturated carbocycles. The Morgan fingerprint density at radius 3 is 2.80 bits per heavy atom. The van der Waals surface area contributed by atoms with Gasteiger partial charge < -0.3 is 9.52 Å². The van der Waals surface area contributed by atoms with Gasteiger partial charge in [-0.3, -0.25) is 9.69 Å². The Kier molecular flexibility index (Phi) is 4.57. The van der Waals surface area contributed by atoms with Crippen molar-refractivity contribution in [2.75, 3.05) is 13.1 Å². The fraction of sp³-hybridized carbons (Fsp3) is 0.286. The number of fused-ring (bicyclic) bond motifs is 1. The molecule has 20 heavy (non-hydrogen) atoms. The molecule has 1 aromatic carbocycles. The summed E-state index contributed by atoms with van der Waals surface area (Å²) in [5.74, 6) is -0.887. The second-order valence-electron chi connectivity index (χ2n) is 4.43. The standard InChI is InChI=1S/C14H14BrNO4/c1-2-16(8-13(17)18)7-9-5-14(19)20-12-6-10(15)3-4-11(9)12/h3-6H,2,7-8H2,1H3,(H,17,18). The number of nitrogens with zero attached hydrogens (tertiary/aromatic N) is 1. The number of likely N-dealkylation sites (N-methyl/N-ethyl adjacent to an activating group) is 1. The van der Waals surface area contributed by atoms with E-state index in [2.05, 4.69) is 15.9 Å². The highest BCUT2D eigenvalue weighted by atomic mass is 79.9. The van der Waals surface area contributed by atoms with Gasteiger partial charge in [-0.15, -0.1) is 0 Å². The van der Waals surface area contributed by atoms with Gasteiger partial charge in [0, 0.05) is 22.5 Å². The number of benzene rings is 1. The van der Waals surface area contributed by atoms with E-state index in [9.17, 15) is 9.59 Å². The van der Waals surface area contributed by atoms with Crippen molar-refractivity contribution in [2.45, 2.75) is 13.5 Å². The Bertz CT molecular complexity index is 695. The number of hydrogen-bond acceptors (Lipinski definition) is 4. The Morgan fingerprint density at radius 2 is 2.15 bits per heavy atom. The molecule has 6 heteroatoms. The van der Waals surface area contributed by atoms with Crippen molar-refractivity contribution in [1.29, 1.82) is 0 Å². The molecular formula is C14H14BrNO4. The summed E-state index contributed by atoms with van der Waals surface area (Å²) in [6, 6.07) is 6.86. The maximum Gasteiger partial charge on any atom is 0.336 e. The molecule has 2 aromatic rings. The Labute approximate surface area is 123 Å². The molecule has 2 rings (SSSR count). The molecule has 1 N–H and O–H groups in total. The van der Waals surface area contributed by atoms with Gasteiger partial charge >= 0.3 is 11.6 Å². The van der Waals surface area contributed by atoms with Crippen LogP contribution in [-0.2, 0) is 11.3 Å². The van der Waals surface area contributed by atoms with E-state index in [1.807, 2.05) is 19.1 Å². The third kappa shape index (κ3) is 3.46. The van der Waals surface area contributed by atoms with Crippen LogP contribution < -0.4 is 5.63 Å². The molecular weight excluding hydrogens is 326 g/mol. The van der Waals surface area contributed by atoms with Crippen molar-refractivity contribution in [3.63, 3.8) is 0 Å². The highest BCUT2D eigenvalue weighted by Gasteiger charge is 2.12. The van der Waals surface area contributed by atoms with Crippen molar-refractivity contribution in [1.82, 2.24) is 4.90 Å². The van der Waals surface area contributed by atoms with E-state index >= 15 is 0 Å². The van der Waals surface area contributed by atoms with Gasteiger partial charge in [-0.2, -0.15) is 0 Å².